The van der Waals surface area contributed by atoms with Gasteiger partial charge in [0.1, 0.15) is 0 Å². The molecule has 0 amide bonds. The van der Waals surface area contributed by atoms with Gasteiger partial charge in [0.15, 0.2) is 0 Å². The highest BCUT2D eigenvalue weighted by Crippen LogP contribution is 2.22. The average molecular weight is 320 g/mol. The van der Waals surface area contributed by atoms with Gasteiger partial charge in [0.25, 0.3) is 0 Å². The van der Waals surface area contributed by atoms with Crippen molar-refractivity contribution in [3.05, 3.63) is 60.2 Å². The molecule has 2 aliphatic rings. The molecule has 0 aromatic heterocycles. The van der Waals surface area contributed by atoms with Gasteiger partial charge in [-0.3, -0.25) is 4.90 Å². The van der Waals surface area contributed by atoms with Crippen LogP contribution >= 0.6 is 0 Å². The molecule has 0 radical (unpaired) electrons. The standard InChI is InChI=1S/C22H28N2/c1-2-7-19(8-3-1)17-23-13-15-24(16-14-23)18-21-11-6-10-20-9-4-5-12-22(20)21/h1-2,4-6,9-12,19H,3,7-8,13-18H2/t19-/m1/s1. The van der Waals surface area contributed by atoms with Crippen molar-refractivity contribution >= 4 is 10.8 Å². The number of nitrogens with zero attached hydrogens (tertiary/aromatic N) is 2. The molecule has 0 N–H and O–H groups in total. The van der Waals surface area contributed by atoms with Gasteiger partial charge in [0, 0.05) is 39.3 Å². The predicted molar refractivity (Wildman–Crippen MR) is 102 cm³/mol. The van der Waals surface area contributed by atoms with Crippen LogP contribution in [0.3, 0.4) is 0 Å². The summed E-state index contributed by atoms with van der Waals surface area (Å²) >= 11 is 0. The minimum atomic E-state index is 0.889. The number of fused-ring (bicyclic) bond motifs is 1. The van der Waals surface area contributed by atoms with Crippen molar-refractivity contribution in [2.75, 3.05) is 32.7 Å². The summed E-state index contributed by atoms with van der Waals surface area (Å²) in [6.45, 7) is 7.24. The van der Waals surface area contributed by atoms with E-state index in [-0.39, 0.29) is 0 Å². The number of piperazine rings is 1. The summed E-state index contributed by atoms with van der Waals surface area (Å²) in [6.07, 6.45) is 8.68. The maximum atomic E-state index is 2.68. The number of hydrogen-bond acceptors (Lipinski definition) is 2. The summed E-state index contributed by atoms with van der Waals surface area (Å²) in [5.74, 6) is 0.889. The Balaban J connectivity index is 1.33. The van der Waals surface area contributed by atoms with Crippen molar-refractivity contribution in [1.29, 1.82) is 0 Å². The number of rotatable bonds is 4. The molecule has 0 unspecified atom stereocenters. The van der Waals surface area contributed by atoms with Crippen molar-refractivity contribution in [3.63, 3.8) is 0 Å². The largest absolute Gasteiger partial charge is 0.301 e. The van der Waals surface area contributed by atoms with E-state index in [0.29, 0.717) is 0 Å². The maximum Gasteiger partial charge on any atom is 0.0240 e. The Morgan fingerprint density at radius 1 is 0.833 bits per heavy atom. The molecule has 2 nitrogen and oxygen atoms in total. The van der Waals surface area contributed by atoms with Crippen LogP contribution < -0.4 is 0 Å². The molecular formula is C22H28N2. The van der Waals surface area contributed by atoms with Crippen LogP contribution in [0.5, 0.6) is 0 Å². The second-order valence-electron chi connectivity index (χ2n) is 7.37. The van der Waals surface area contributed by atoms with Crippen LogP contribution in [0.15, 0.2) is 54.6 Å². The van der Waals surface area contributed by atoms with E-state index in [1.807, 2.05) is 0 Å². The zero-order valence-corrected chi connectivity index (χ0v) is 14.5. The summed E-state index contributed by atoms with van der Waals surface area (Å²) in [5.41, 5.74) is 1.47. The Morgan fingerprint density at radius 2 is 1.62 bits per heavy atom. The van der Waals surface area contributed by atoms with Crippen molar-refractivity contribution in [2.24, 2.45) is 5.92 Å². The average Bonchev–Trinajstić information content (AvgIpc) is 2.65. The predicted octanol–water partition coefficient (Wildman–Crippen LogP) is 4.31. The molecule has 1 aliphatic carbocycles. The highest BCUT2D eigenvalue weighted by atomic mass is 15.3. The van der Waals surface area contributed by atoms with E-state index in [1.54, 1.807) is 0 Å². The Labute approximate surface area is 145 Å². The first-order chi connectivity index (χ1) is 11.9. The van der Waals surface area contributed by atoms with Crippen LogP contribution in [0.25, 0.3) is 10.8 Å². The minimum absolute atomic E-state index is 0.889. The number of hydrogen-bond donors (Lipinski definition) is 0. The second-order valence-corrected chi connectivity index (χ2v) is 7.37. The minimum Gasteiger partial charge on any atom is -0.301 e. The number of benzene rings is 2. The lowest BCUT2D eigenvalue weighted by atomic mass is 9.94. The normalized spacial score (nSPS) is 22.9. The van der Waals surface area contributed by atoms with Crippen LogP contribution in [0.4, 0.5) is 0 Å². The Bertz CT molecular complexity index is 693. The fourth-order valence-electron chi connectivity index (χ4n) is 4.19. The fourth-order valence-corrected chi connectivity index (χ4v) is 4.19. The van der Waals surface area contributed by atoms with Gasteiger partial charge in [-0.1, -0.05) is 54.6 Å². The van der Waals surface area contributed by atoms with E-state index in [9.17, 15) is 0 Å². The molecule has 2 aromatic rings. The summed E-state index contributed by atoms with van der Waals surface area (Å²) in [5, 5.41) is 2.77. The first-order valence-corrected chi connectivity index (χ1v) is 9.45. The zero-order chi connectivity index (χ0) is 16.2. The number of allylic oxidation sites excluding steroid dienone is 2. The third kappa shape index (κ3) is 3.71. The quantitative estimate of drug-likeness (QED) is 0.774. The molecule has 1 aliphatic heterocycles. The van der Waals surface area contributed by atoms with Gasteiger partial charge in [-0.05, 0) is 41.5 Å². The highest BCUT2D eigenvalue weighted by Gasteiger charge is 2.20. The van der Waals surface area contributed by atoms with Crippen molar-refractivity contribution < 1.29 is 0 Å². The molecule has 0 bridgehead atoms. The van der Waals surface area contributed by atoms with Gasteiger partial charge in [0.05, 0.1) is 0 Å². The van der Waals surface area contributed by atoms with Crippen LogP contribution in [0.2, 0.25) is 0 Å². The molecule has 0 saturated carbocycles. The summed E-state index contributed by atoms with van der Waals surface area (Å²) in [4.78, 5) is 5.31. The Morgan fingerprint density at radius 3 is 2.46 bits per heavy atom. The molecule has 126 valence electrons. The lowest BCUT2D eigenvalue weighted by molar-refractivity contribution is 0.111. The molecule has 1 fully saturated rings. The molecule has 1 heterocycles. The summed E-state index contributed by atoms with van der Waals surface area (Å²) < 4.78 is 0. The van der Waals surface area contributed by atoms with Crippen LogP contribution in [-0.4, -0.2) is 42.5 Å². The SMILES string of the molecule is C1=CC[C@@H](CN2CCN(Cc3cccc4ccccc34)CC2)CC1. The Hall–Kier alpha value is -1.64. The third-order valence-electron chi connectivity index (χ3n) is 5.63. The van der Waals surface area contributed by atoms with Gasteiger partial charge in [-0.15, -0.1) is 0 Å². The van der Waals surface area contributed by atoms with Gasteiger partial charge in [-0.2, -0.15) is 0 Å². The van der Waals surface area contributed by atoms with Crippen molar-refractivity contribution in [1.82, 2.24) is 9.80 Å². The van der Waals surface area contributed by atoms with Gasteiger partial charge in [0.2, 0.25) is 0 Å². The van der Waals surface area contributed by atoms with Gasteiger partial charge in [-0.25, -0.2) is 0 Å². The second kappa shape index (κ2) is 7.50. The van der Waals surface area contributed by atoms with Crippen LogP contribution in [0.1, 0.15) is 24.8 Å². The third-order valence-corrected chi connectivity index (χ3v) is 5.63. The smallest absolute Gasteiger partial charge is 0.0240 e. The molecule has 2 aromatic carbocycles. The Kier molecular flexibility index (Phi) is 4.96. The fraction of sp³-hybridized carbons (Fsp3) is 0.455. The lowest BCUT2D eigenvalue weighted by Crippen LogP contribution is -2.47. The van der Waals surface area contributed by atoms with E-state index in [2.05, 4.69) is 64.4 Å². The van der Waals surface area contributed by atoms with Gasteiger partial charge >= 0.3 is 0 Å². The molecule has 1 saturated heterocycles. The van der Waals surface area contributed by atoms with Gasteiger partial charge < -0.3 is 4.90 Å². The summed E-state index contributed by atoms with van der Waals surface area (Å²) in [6, 6.07) is 15.5. The molecule has 24 heavy (non-hydrogen) atoms. The van der Waals surface area contributed by atoms with Crippen LogP contribution in [0, 0.1) is 5.92 Å². The first kappa shape index (κ1) is 15.9. The van der Waals surface area contributed by atoms with E-state index in [1.165, 1.54) is 68.3 Å². The topological polar surface area (TPSA) is 6.48 Å². The maximum absolute atomic E-state index is 2.68. The van der Waals surface area contributed by atoms with Crippen LogP contribution in [-0.2, 0) is 6.54 Å². The van der Waals surface area contributed by atoms with E-state index < -0.39 is 0 Å². The van der Waals surface area contributed by atoms with E-state index >= 15 is 0 Å². The lowest BCUT2D eigenvalue weighted by Gasteiger charge is -2.37. The highest BCUT2D eigenvalue weighted by molar-refractivity contribution is 5.85. The van der Waals surface area contributed by atoms with Crippen molar-refractivity contribution in [2.45, 2.75) is 25.8 Å². The monoisotopic (exact) mass is 320 g/mol. The molecule has 2 heteroatoms. The molecular weight excluding hydrogens is 292 g/mol. The van der Waals surface area contributed by atoms with E-state index in [0.717, 1.165) is 12.5 Å². The first-order valence-electron chi connectivity index (χ1n) is 9.45. The molecule has 1 atom stereocenters. The zero-order valence-electron chi connectivity index (χ0n) is 14.5. The molecule has 4 rings (SSSR count). The molecule has 0 spiro atoms. The summed E-state index contributed by atoms with van der Waals surface area (Å²) in [7, 11) is 0. The van der Waals surface area contributed by atoms with Crippen molar-refractivity contribution in [3.8, 4) is 0 Å². The van der Waals surface area contributed by atoms with E-state index in [4.69, 9.17) is 0 Å².